The normalized spacial score (nSPS) is 20.0. The quantitative estimate of drug-likeness (QED) is 0.846. The van der Waals surface area contributed by atoms with Crippen molar-refractivity contribution in [3.05, 3.63) is 47.0 Å². The lowest BCUT2D eigenvalue weighted by Gasteiger charge is -2.25. The Bertz CT molecular complexity index is 835. The average molecular weight is 335 g/mol. The van der Waals surface area contributed by atoms with Crippen LogP contribution in [0.4, 0.5) is 0 Å². The maximum Gasteiger partial charge on any atom is 0.254 e. The molecule has 0 radical (unpaired) electrons. The second kappa shape index (κ2) is 6.67. The molecule has 0 spiro atoms. The smallest absolute Gasteiger partial charge is 0.254 e. The molecule has 1 saturated heterocycles. The van der Waals surface area contributed by atoms with Gasteiger partial charge in [-0.1, -0.05) is 12.5 Å². The largest absolute Gasteiger partial charge is 0.328 e. The zero-order valence-corrected chi connectivity index (χ0v) is 14.2. The number of likely N-dealkylation sites (tertiary alicyclic amines) is 1. The summed E-state index contributed by atoms with van der Waals surface area (Å²) in [7, 11) is 0. The van der Waals surface area contributed by atoms with Crippen LogP contribution in [-0.2, 0) is 13.0 Å². The molecule has 0 N–H and O–H groups in total. The van der Waals surface area contributed by atoms with Crippen LogP contribution < -0.4 is 0 Å². The second-order valence-corrected chi connectivity index (χ2v) is 6.79. The lowest BCUT2D eigenvalue weighted by Crippen LogP contribution is -2.32. The van der Waals surface area contributed by atoms with Gasteiger partial charge in [0.05, 0.1) is 17.7 Å². The Labute approximate surface area is 147 Å². The Morgan fingerprint density at radius 1 is 1.16 bits per heavy atom. The molecule has 0 aliphatic carbocycles. The topological polar surface area (TPSA) is 74.8 Å². The van der Waals surface area contributed by atoms with E-state index in [9.17, 15) is 4.79 Å². The number of fused-ring (bicyclic) bond motifs is 1. The first-order valence-corrected chi connectivity index (χ1v) is 9.01. The fourth-order valence-electron chi connectivity index (χ4n) is 3.92. The van der Waals surface area contributed by atoms with Crippen LogP contribution in [0.2, 0.25) is 0 Å². The Hall–Kier alpha value is -2.68. The number of hydrogen-bond acceptors (Lipinski definition) is 4. The van der Waals surface area contributed by atoms with E-state index in [1.165, 1.54) is 6.42 Å². The van der Waals surface area contributed by atoms with Crippen molar-refractivity contribution in [1.82, 2.24) is 19.7 Å². The molecule has 1 aromatic carbocycles. The molecule has 25 heavy (non-hydrogen) atoms. The predicted molar refractivity (Wildman–Crippen MR) is 91.7 cm³/mol. The van der Waals surface area contributed by atoms with Gasteiger partial charge in [0.2, 0.25) is 0 Å². The number of hydrogen-bond donors (Lipinski definition) is 0. The van der Waals surface area contributed by atoms with Crippen molar-refractivity contribution in [2.24, 2.45) is 0 Å². The highest BCUT2D eigenvalue weighted by molar-refractivity contribution is 5.95. The predicted octanol–water partition coefficient (Wildman–Crippen LogP) is 2.85. The SMILES string of the molecule is N#Cc1cccc(C(=O)N2CCC[C@@H]2c2nnc3n2CCCCC3)c1. The molecular formula is C19H21N5O. The van der Waals surface area contributed by atoms with Crippen LogP contribution in [0.15, 0.2) is 24.3 Å². The van der Waals surface area contributed by atoms with E-state index in [1.807, 2.05) is 4.90 Å². The molecule has 1 amide bonds. The fraction of sp³-hybridized carbons (Fsp3) is 0.474. The number of nitrogens with zero attached hydrogens (tertiary/aromatic N) is 5. The molecule has 4 rings (SSSR count). The highest BCUT2D eigenvalue weighted by Gasteiger charge is 2.34. The Morgan fingerprint density at radius 3 is 2.96 bits per heavy atom. The molecule has 0 unspecified atom stereocenters. The van der Waals surface area contributed by atoms with Gasteiger partial charge < -0.3 is 9.47 Å². The van der Waals surface area contributed by atoms with Gasteiger partial charge in [0, 0.05) is 25.1 Å². The maximum atomic E-state index is 13.0. The summed E-state index contributed by atoms with van der Waals surface area (Å²) in [5, 5.41) is 17.9. The van der Waals surface area contributed by atoms with E-state index in [0.717, 1.165) is 56.8 Å². The first-order valence-electron chi connectivity index (χ1n) is 9.01. The molecule has 128 valence electrons. The van der Waals surface area contributed by atoms with Crippen molar-refractivity contribution in [2.45, 2.75) is 51.1 Å². The van der Waals surface area contributed by atoms with Gasteiger partial charge in [-0.25, -0.2) is 0 Å². The van der Waals surface area contributed by atoms with E-state index in [4.69, 9.17) is 5.26 Å². The van der Waals surface area contributed by atoms with Crippen molar-refractivity contribution < 1.29 is 4.79 Å². The summed E-state index contributed by atoms with van der Waals surface area (Å²) < 4.78 is 2.23. The summed E-state index contributed by atoms with van der Waals surface area (Å²) >= 11 is 0. The molecule has 6 nitrogen and oxygen atoms in total. The van der Waals surface area contributed by atoms with E-state index >= 15 is 0 Å². The monoisotopic (exact) mass is 335 g/mol. The van der Waals surface area contributed by atoms with Gasteiger partial charge in [-0.3, -0.25) is 4.79 Å². The van der Waals surface area contributed by atoms with Crippen molar-refractivity contribution in [3.63, 3.8) is 0 Å². The summed E-state index contributed by atoms with van der Waals surface area (Å²) in [6, 6.07) is 9.02. The van der Waals surface area contributed by atoms with Gasteiger partial charge in [0.1, 0.15) is 5.82 Å². The number of nitriles is 1. The van der Waals surface area contributed by atoms with Gasteiger partial charge in [-0.2, -0.15) is 5.26 Å². The number of carbonyl (C=O) groups excluding carboxylic acids is 1. The zero-order chi connectivity index (χ0) is 17.2. The first kappa shape index (κ1) is 15.8. The lowest BCUT2D eigenvalue weighted by atomic mass is 10.1. The minimum Gasteiger partial charge on any atom is -0.328 e. The number of carbonyl (C=O) groups is 1. The number of aromatic nitrogens is 3. The van der Waals surface area contributed by atoms with Gasteiger partial charge in [0.15, 0.2) is 5.82 Å². The second-order valence-electron chi connectivity index (χ2n) is 6.79. The van der Waals surface area contributed by atoms with E-state index in [2.05, 4.69) is 20.8 Å². The molecule has 1 aromatic heterocycles. The Morgan fingerprint density at radius 2 is 2.08 bits per heavy atom. The van der Waals surface area contributed by atoms with Gasteiger partial charge in [-0.15, -0.1) is 10.2 Å². The van der Waals surface area contributed by atoms with Crippen LogP contribution >= 0.6 is 0 Å². The first-order chi connectivity index (χ1) is 12.3. The standard InChI is InChI=1S/C19H21N5O/c20-13-14-6-4-7-15(12-14)19(25)23-11-5-8-16(23)18-22-21-17-9-2-1-3-10-24(17)18/h4,6-7,12,16H,1-3,5,8-11H2/t16-/m1/s1. The highest BCUT2D eigenvalue weighted by atomic mass is 16.2. The fourth-order valence-corrected chi connectivity index (χ4v) is 3.92. The number of rotatable bonds is 2. The molecule has 2 aromatic rings. The Balaban J connectivity index is 1.64. The summed E-state index contributed by atoms with van der Waals surface area (Å²) in [6.45, 7) is 1.67. The van der Waals surface area contributed by atoms with Gasteiger partial charge in [0.25, 0.3) is 5.91 Å². The molecule has 0 bridgehead atoms. The van der Waals surface area contributed by atoms with E-state index < -0.39 is 0 Å². The van der Waals surface area contributed by atoms with Crippen molar-refractivity contribution in [2.75, 3.05) is 6.54 Å². The minimum atomic E-state index is -0.0226. The molecule has 0 saturated carbocycles. The molecule has 6 heteroatoms. The lowest BCUT2D eigenvalue weighted by molar-refractivity contribution is 0.0727. The molecular weight excluding hydrogens is 314 g/mol. The van der Waals surface area contributed by atoms with Gasteiger partial charge >= 0.3 is 0 Å². The minimum absolute atomic E-state index is 0.0161. The summed E-state index contributed by atoms with van der Waals surface area (Å²) in [5.74, 6) is 1.96. The number of benzene rings is 1. The van der Waals surface area contributed by atoms with Crippen molar-refractivity contribution in [1.29, 1.82) is 5.26 Å². The van der Waals surface area contributed by atoms with E-state index in [0.29, 0.717) is 11.1 Å². The van der Waals surface area contributed by atoms with Crippen LogP contribution in [0.5, 0.6) is 0 Å². The molecule has 2 aliphatic rings. The van der Waals surface area contributed by atoms with E-state index in [1.54, 1.807) is 24.3 Å². The van der Waals surface area contributed by atoms with Crippen LogP contribution in [0.3, 0.4) is 0 Å². The average Bonchev–Trinajstić information content (AvgIpc) is 3.22. The van der Waals surface area contributed by atoms with Crippen molar-refractivity contribution >= 4 is 5.91 Å². The van der Waals surface area contributed by atoms with Crippen LogP contribution in [0.1, 0.15) is 65.7 Å². The summed E-state index contributed by atoms with van der Waals surface area (Å²) in [5.41, 5.74) is 1.08. The number of aryl methyl sites for hydroxylation is 1. The van der Waals surface area contributed by atoms with Crippen LogP contribution in [-0.4, -0.2) is 32.1 Å². The van der Waals surface area contributed by atoms with Gasteiger partial charge in [-0.05, 0) is 43.9 Å². The van der Waals surface area contributed by atoms with Crippen molar-refractivity contribution in [3.8, 4) is 6.07 Å². The number of amides is 1. The zero-order valence-electron chi connectivity index (χ0n) is 14.2. The molecule has 1 fully saturated rings. The highest BCUT2D eigenvalue weighted by Crippen LogP contribution is 2.33. The molecule has 1 atom stereocenters. The molecule has 2 aliphatic heterocycles. The summed E-state index contributed by atoms with van der Waals surface area (Å²) in [6.07, 6.45) is 6.38. The van der Waals surface area contributed by atoms with E-state index in [-0.39, 0.29) is 11.9 Å². The summed E-state index contributed by atoms with van der Waals surface area (Å²) in [4.78, 5) is 14.9. The third-order valence-corrected chi connectivity index (χ3v) is 5.19. The van der Waals surface area contributed by atoms with Crippen LogP contribution in [0, 0.1) is 11.3 Å². The Kier molecular flexibility index (Phi) is 4.22. The van der Waals surface area contributed by atoms with Crippen LogP contribution in [0.25, 0.3) is 0 Å². The third kappa shape index (κ3) is 2.91. The third-order valence-electron chi connectivity index (χ3n) is 5.19. The molecule has 3 heterocycles. The maximum absolute atomic E-state index is 13.0.